The molecule has 1 atom stereocenters. The molecule has 21 heavy (non-hydrogen) atoms. The SMILES string of the molecule is C1=CC(C2=CCN(N3CCC4(CC3)OCCO4)CC2)NC1. The monoisotopic (exact) mass is 291 g/mol. The van der Waals surface area contributed by atoms with Crippen molar-refractivity contribution in [3.8, 4) is 0 Å². The Balaban J connectivity index is 1.31. The second-order valence-electron chi connectivity index (χ2n) is 6.32. The fourth-order valence-corrected chi connectivity index (χ4v) is 3.84. The first-order valence-corrected chi connectivity index (χ1v) is 8.21. The van der Waals surface area contributed by atoms with E-state index >= 15 is 0 Å². The first-order chi connectivity index (χ1) is 10.3. The lowest BCUT2D eigenvalue weighted by atomic mass is 10.0. The molecule has 4 heterocycles. The zero-order valence-corrected chi connectivity index (χ0v) is 12.6. The van der Waals surface area contributed by atoms with Gasteiger partial charge in [-0.1, -0.05) is 23.8 Å². The summed E-state index contributed by atoms with van der Waals surface area (Å²) >= 11 is 0. The van der Waals surface area contributed by atoms with Gasteiger partial charge >= 0.3 is 0 Å². The van der Waals surface area contributed by atoms with Crippen molar-refractivity contribution in [3.63, 3.8) is 0 Å². The summed E-state index contributed by atoms with van der Waals surface area (Å²) in [5, 5.41) is 8.49. The van der Waals surface area contributed by atoms with E-state index in [1.54, 1.807) is 5.57 Å². The Bertz CT molecular complexity index is 433. The van der Waals surface area contributed by atoms with E-state index in [0.29, 0.717) is 6.04 Å². The van der Waals surface area contributed by atoms with E-state index in [-0.39, 0.29) is 5.79 Å². The first kappa shape index (κ1) is 13.9. The predicted molar refractivity (Wildman–Crippen MR) is 80.6 cm³/mol. The molecule has 1 unspecified atom stereocenters. The van der Waals surface area contributed by atoms with Gasteiger partial charge in [-0.15, -0.1) is 0 Å². The highest BCUT2D eigenvalue weighted by Gasteiger charge is 2.40. The third-order valence-electron chi connectivity index (χ3n) is 5.12. The third-order valence-corrected chi connectivity index (χ3v) is 5.12. The Hall–Kier alpha value is -0.720. The van der Waals surface area contributed by atoms with Gasteiger partial charge in [-0.25, -0.2) is 10.0 Å². The summed E-state index contributed by atoms with van der Waals surface area (Å²) in [6.45, 7) is 6.80. The lowest BCUT2D eigenvalue weighted by Gasteiger charge is -2.44. The molecular weight excluding hydrogens is 266 g/mol. The Morgan fingerprint density at radius 3 is 2.52 bits per heavy atom. The van der Waals surface area contributed by atoms with Gasteiger partial charge in [0.25, 0.3) is 0 Å². The summed E-state index contributed by atoms with van der Waals surface area (Å²) in [6, 6.07) is 0.483. The smallest absolute Gasteiger partial charge is 0.171 e. The summed E-state index contributed by atoms with van der Waals surface area (Å²) in [6.07, 6.45) is 10.1. The van der Waals surface area contributed by atoms with Crippen molar-refractivity contribution in [3.05, 3.63) is 23.8 Å². The zero-order chi connectivity index (χ0) is 14.1. The molecule has 116 valence electrons. The highest BCUT2D eigenvalue weighted by molar-refractivity contribution is 5.24. The van der Waals surface area contributed by atoms with Gasteiger partial charge in [0.05, 0.1) is 13.2 Å². The van der Waals surface area contributed by atoms with Crippen LogP contribution in [-0.4, -0.2) is 67.8 Å². The minimum absolute atomic E-state index is 0.258. The lowest BCUT2D eigenvalue weighted by molar-refractivity contribution is -0.205. The molecule has 5 heteroatoms. The molecule has 0 amide bonds. The maximum atomic E-state index is 5.81. The minimum Gasteiger partial charge on any atom is -0.347 e. The van der Waals surface area contributed by atoms with Crippen LogP contribution in [0.2, 0.25) is 0 Å². The van der Waals surface area contributed by atoms with Crippen molar-refractivity contribution in [2.24, 2.45) is 0 Å². The first-order valence-electron chi connectivity index (χ1n) is 8.21. The molecule has 4 rings (SSSR count). The predicted octanol–water partition coefficient (Wildman–Crippen LogP) is 0.900. The molecule has 5 nitrogen and oxygen atoms in total. The van der Waals surface area contributed by atoms with E-state index in [2.05, 4.69) is 33.6 Å². The molecule has 0 radical (unpaired) electrons. The maximum Gasteiger partial charge on any atom is 0.171 e. The Kier molecular flexibility index (Phi) is 3.85. The van der Waals surface area contributed by atoms with Gasteiger partial charge in [0, 0.05) is 51.6 Å². The summed E-state index contributed by atoms with van der Waals surface area (Å²) in [5.41, 5.74) is 1.55. The number of piperidine rings is 1. The summed E-state index contributed by atoms with van der Waals surface area (Å²) in [7, 11) is 0. The Morgan fingerprint density at radius 2 is 1.90 bits per heavy atom. The highest BCUT2D eigenvalue weighted by Crippen LogP contribution is 2.32. The molecule has 2 saturated heterocycles. The second kappa shape index (κ2) is 5.82. The summed E-state index contributed by atoms with van der Waals surface area (Å²) in [4.78, 5) is 0. The van der Waals surface area contributed by atoms with E-state index in [1.165, 1.54) is 0 Å². The standard InChI is InChI=1S/C16H25N3O2/c1-2-15(17-7-1)14-3-8-18(9-4-14)19-10-5-16(6-11-19)20-12-13-21-16/h1-3,15,17H,4-13H2. The molecule has 1 N–H and O–H groups in total. The van der Waals surface area contributed by atoms with Crippen LogP contribution in [0.4, 0.5) is 0 Å². The van der Waals surface area contributed by atoms with Crippen molar-refractivity contribution >= 4 is 0 Å². The fourth-order valence-electron chi connectivity index (χ4n) is 3.84. The van der Waals surface area contributed by atoms with Crippen LogP contribution in [0.25, 0.3) is 0 Å². The number of ether oxygens (including phenoxy) is 2. The van der Waals surface area contributed by atoms with Crippen LogP contribution >= 0.6 is 0 Å². The zero-order valence-electron chi connectivity index (χ0n) is 12.6. The number of hydrogen-bond acceptors (Lipinski definition) is 5. The molecule has 0 bridgehead atoms. The molecule has 0 aromatic rings. The van der Waals surface area contributed by atoms with Gasteiger partial charge in [-0.2, -0.15) is 0 Å². The van der Waals surface area contributed by atoms with Gasteiger partial charge in [0.2, 0.25) is 0 Å². The van der Waals surface area contributed by atoms with E-state index in [9.17, 15) is 0 Å². The maximum absolute atomic E-state index is 5.81. The lowest BCUT2D eigenvalue weighted by Crippen LogP contribution is -2.53. The molecule has 0 saturated carbocycles. The van der Waals surface area contributed by atoms with Crippen molar-refractivity contribution < 1.29 is 9.47 Å². The fraction of sp³-hybridized carbons (Fsp3) is 0.750. The van der Waals surface area contributed by atoms with Crippen LogP contribution in [0.5, 0.6) is 0 Å². The molecule has 4 aliphatic rings. The molecule has 1 spiro atoms. The molecule has 2 fully saturated rings. The molecule has 0 aromatic heterocycles. The van der Waals surface area contributed by atoms with Crippen LogP contribution in [0, 0.1) is 0 Å². The van der Waals surface area contributed by atoms with Gasteiger partial charge in [0.15, 0.2) is 5.79 Å². The van der Waals surface area contributed by atoms with E-state index in [0.717, 1.165) is 65.2 Å². The number of rotatable bonds is 2. The van der Waals surface area contributed by atoms with Gasteiger partial charge in [-0.05, 0) is 6.42 Å². The van der Waals surface area contributed by atoms with Crippen molar-refractivity contribution in [1.29, 1.82) is 0 Å². The number of nitrogens with one attached hydrogen (secondary N) is 1. The van der Waals surface area contributed by atoms with E-state index < -0.39 is 0 Å². The van der Waals surface area contributed by atoms with Crippen LogP contribution in [0.15, 0.2) is 23.8 Å². The van der Waals surface area contributed by atoms with Gasteiger partial charge < -0.3 is 14.8 Å². The molecular formula is C16H25N3O2. The third kappa shape index (κ3) is 2.81. The van der Waals surface area contributed by atoms with Crippen LogP contribution < -0.4 is 5.32 Å². The quantitative estimate of drug-likeness (QED) is 0.765. The molecule has 0 aromatic carbocycles. The second-order valence-corrected chi connectivity index (χ2v) is 6.32. The molecule has 4 aliphatic heterocycles. The van der Waals surface area contributed by atoms with Gasteiger partial charge in [0.1, 0.15) is 0 Å². The average Bonchev–Trinajstić information content (AvgIpc) is 3.21. The average molecular weight is 291 g/mol. The minimum atomic E-state index is -0.258. The largest absolute Gasteiger partial charge is 0.347 e. The van der Waals surface area contributed by atoms with Crippen molar-refractivity contribution in [2.75, 3.05) is 45.9 Å². The Morgan fingerprint density at radius 1 is 1.10 bits per heavy atom. The molecule has 0 aliphatic carbocycles. The van der Waals surface area contributed by atoms with Crippen LogP contribution in [0.3, 0.4) is 0 Å². The normalized spacial score (nSPS) is 33.7. The van der Waals surface area contributed by atoms with Gasteiger partial charge in [-0.3, -0.25) is 0 Å². The van der Waals surface area contributed by atoms with E-state index in [1.807, 2.05) is 0 Å². The van der Waals surface area contributed by atoms with Crippen LogP contribution in [0.1, 0.15) is 19.3 Å². The Labute approximate surface area is 126 Å². The number of hydrogen-bond donors (Lipinski definition) is 1. The topological polar surface area (TPSA) is 37.0 Å². The highest BCUT2D eigenvalue weighted by atomic mass is 16.7. The van der Waals surface area contributed by atoms with Crippen LogP contribution in [-0.2, 0) is 9.47 Å². The summed E-state index contributed by atoms with van der Waals surface area (Å²) in [5.74, 6) is -0.258. The number of nitrogens with zero attached hydrogens (tertiary/aromatic N) is 2. The summed E-state index contributed by atoms with van der Waals surface area (Å²) < 4.78 is 11.6. The van der Waals surface area contributed by atoms with E-state index in [4.69, 9.17) is 9.47 Å². The number of hydrazine groups is 1. The van der Waals surface area contributed by atoms with Crippen molar-refractivity contribution in [2.45, 2.75) is 31.1 Å². The van der Waals surface area contributed by atoms with Crippen molar-refractivity contribution in [1.82, 2.24) is 15.3 Å².